The first-order valence-corrected chi connectivity index (χ1v) is 5.01. The van der Waals surface area contributed by atoms with Gasteiger partial charge in [0.1, 0.15) is 0 Å². The van der Waals surface area contributed by atoms with Crippen molar-refractivity contribution in [1.29, 1.82) is 0 Å². The molecule has 1 saturated carbocycles. The van der Waals surface area contributed by atoms with Crippen molar-refractivity contribution in [2.24, 2.45) is 11.8 Å². The van der Waals surface area contributed by atoms with Crippen molar-refractivity contribution in [1.82, 2.24) is 0 Å². The summed E-state index contributed by atoms with van der Waals surface area (Å²) in [7, 11) is 0. The van der Waals surface area contributed by atoms with Gasteiger partial charge in [-0.2, -0.15) is 0 Å². The van der Waals surface area contributed by atoms with E-state index in [1.165, 1.54) is 24.8 Å². The van der Waals surface area contributed by atoms with Gasteiger partial charge >= 0.3 is 0 Å². The Morgan fingerprint density at radius 2 is 2.17 bits per heavy atom. The van der Waals surface area contributed by atoms with E-state index in [-0.39, 0.29) is 0 Å². The van der Waals surface area contributed by atoms with Crippen molar-refractivity contribution in [2.45, 2.75) is 33.1 Å². The molecule has 1 radical (unpaired) electrons. The van der Waals surface area contributed by atoms with Crippen molar-refractivity contribution in [2.75, 3.05) is 0 Å². The van der Waals surface area contributed by atoms with Gasteiger partial charge in [-0.05, 0) is 38.0 Å². The van der Waals surface area contributed by atoms with E-state index in [1.54, 1.807) is 5.57 Å². The van der Waals surface area contributed by atoms with Crippen LogP contribution in [0.3, 0.4) is 0 Å². The normalized spacial score (nSPS) is 35.2. The Labute approximate surface area is 75.4 Å². The summed E-state index contributed by atoms with van der Waals surface area (Å²) in [5, 5.41) is 0. The first-order valence-electron chi connectivity index (χ1n) is 5.01. The predicted molar refractivity (Wildman–Crippen MR) is 52.6 cm³/mol. The molecule has 0 bridgehead atoms. The highest BCUT2D eigenvalue weighted by Crippen LogP contribution is 2.39. The first-order chi connectivity index (χ1) is 5.79. The minimum absolute atomic E-state index is 0.777. The fourth-order valence-corrected chi connectivity index (χ4v) is 2.63. The zero-order chi connectivity index (χ0) is 8.55. The van der Waals surface area contributed by atoms with Crippen LogP contribution in [0.2, 0.25) is 0 Å². The Morgan fingerprint density at radius 3 is 2.92 bits per heavy atom. The number of hydrogen-bond donors (Lipinski definition) is 0. The molecule has 2 rings (SSSR count). The lowest BCUT2D eigenvalue weighted by molar-refractivity contribution is 0.412. The Hall–Kier alpha value is -0.520. The minimum atomic E-state index is 0.777. The van der Waals surface area contributed by atoms with Crippen LogP contribution >= 0.6 is 0 Å². The van der Waals surface area contributed by atoms with Crippen molar-refractivity contribution >= 4 is 0 Å². The Bertz CT molecular complexity index is 232. The van der Waals surface area contributed by atoms with E-state index in [2.05, 4.69) is 32.4 Å². The second kappa shape index (κ2) is 3.08. The van der Waals surface area contributed by atoms with Crippen LogP contribution in [0.5, 0.6) is 0 Å². The molecule has 0 saturated heterocycles. The Balaban J connectivity index is 2.31. The topological polar surface area (TPSA) is 0 Å². The lowest BCUT2D eigenvalue weighted by Crippen LogP contribution is -2.20. The van der Waals surface area contributed by atoms with Crippen LogP contribution in [0.4, 0.5) is 0 Å². The van der Waals surface area contributed by atoms with Gasteiger partial charge in [0.05, 0.1) is 0 Å². The third kappa shape index (κ3) is 1.24. The summed E-state index contributed by atoms with van der Waals surface area (Å²) >= 11 is 0. The predicted octanol–water partition coefficient (Wildman–Crippen LogP) is 3.51. The van der Waals surface area contributed by atoms with Crippen molar-refractivity contribution in [3.05, 3.63) is 29.7 Å². The molecule has 2 atom stereocenters. The molecule has 0 aromatic rings. The van der Waals surface area contributed by atoms with Crippen molar-refractivity contribution in [3.8, 4) is 0 Å². The van der Waals surface area contributed by atoms with Crippen LogP contribution in [0.15, 0.2) is 23.3 Å². The molecule has 0 amide bonds. The van der Waals surface area contributed by atoms with Gasteiger partial charge in [-0.3, -0.25) is 0 Å². The van der Waals surface area contributed by atoms with Gasteiger partial charge < -0.3 is 0 Å². The standard InChI is InChI=1S/C12H17/c1-9-5-3-7-11-8-4-6-10(2)12(9)11/h3,5,7,10-11H,4,6,8H2,1-2H3. The zero-order valence-electron chi connectivity index (χ0n) is 8.01. The van der Waals surface area contributed by atoms with E-state index in [1.807, 2.05) is 0 Å². The zero-order valence-corrected chi connectivity index (χ0v) is 8.01. The molecular weight excluding hydrogens is 144 g/mol. The van der Waals surface area contributed by atoms with Crippen LogP contribution < -0.4 is 0 Å². The minimum Gasteiger partial charge on any atom is -0.0799 e. The summed E-state index contributed by atoms with van der Waals surface area (Å²) in [4.78, 5) is 0. The van der Waals surface area contributed by atoms with E-state index in [4.69, 9.17) is 0 Å². The van der Waals surface area contributed by atoms with Gasteiger partial charge in [0.15, 0.2) is 0 Å². The lowest BCUT2D eigenvalue weighted by atomic mass is 9.72. The fraction of sp³-hybridized carbons (Fsp3) is 0.583. The average molecular weight is 161 g/mol. The Morgan fingerprint density at radius 1 is 1.33 bits per heavy atom. The lowest BCUT2D eigenvalue weighted by Gasteiger charge is -2.33. The molecule has 0 nitrogen and oxygen atoms in total. The van der Waals surface area contributed by atoms with Crippen LogP contribution in [0.25, 0.3) is 0 Å². The van der Waals surface area contributed by atoms with Crippen molar-refractivity contribution in [3.63, 3.8) is 0 Å². The van der Waals surface area contributed by atoms with Gasteiger partial charge in [-0.25, -0.2) is 0 Å². The summed E-state index contributed by atoms with van der Waals surface area (Å²) in [6, 6.07) is 0. The van der Waals surface area contributed by atoms with Crippen molar-refractivity contribution < 1.29 is 0 Å². The second-order valence-corrected chi connectivity index (χ2v) is 4.13. The molecule has 0 aromatic heterocycles. The second-order valence-electron chi connectivity index (χ2n) is 4.13. The molecule has 1 fully saturated rings. The molecule has 0 heteroatoms. The van der Waals surface area contributed by atoms with Crippen LogP contribution in [-0.4, -0.2) is 0 Å². The largest absolute Gasteiger partial charge is 0.0799 e. The molecule has 0 heterocycles. The highest BCUT2D eigenvalue weighted by Gasteiger charge is 2.26. The molecule has 2 aliphatic rings. The molecule has 2 aliphatic carbocycles. The van der Waals surface area contributed by atoms with E-state index < -0.39 is 0 Å². The van der Waals surface area contributed by atoms with Gasteiger partial charge in [0.2, 0.25) is 0 Å². The maximum atomic E-state index is 2.37. The summed E-state index contributed by atoms with van der Waals surface area (Å²) < 4.78 is 0. The maximum Gasteiger partial charge on any atom is -0.00955 e. The molecule has 12 heavy (non-hydrogen) atoms. The molecule has 0 N–H and O–H groups in total. The number of hydrogen-bond acceptors (Lipinski definition) is 0. The molecule has 2 unspecified atom stereocenters. The molecule has 0 spiro atoms. The SMILES string of the molecule is CC1=C2C(C)CCCC2[CH]C=C1. The van der Waals surface area contributed by atoms with E-state index >= 15 is 0 Å². The van der Waals surface area contributed by atoms with Crippen LogP contribution in [0.1, 0.15) is 33.1 Å². The van der Waals surface area contributed by atoms with Gasteiger partial charge in [0, 0.05) is 0 Å². The number of rotatable bonds is 0. The van der Waals surface area contributed by atoms with Gasteiger partial charge in [0.25, 0.3) is 0 Å². The number of allylic oxidation sites excluding steroid dienone is 4. The highest BCUT2D eigenvalue weighted by atomic mass is 14.3. The summed E-state index contributed by atoms with van der Waals surface area (Å²) in [5.74, 6) is 1.60. The third-order valence-electron chi connectivity index (χ3n) is 3.23. The molecule has 0 aromatic carbocycles. The summed E-state index contributed by atoms with van der Waals surface area (Å²) in [5.41, 5.74) is 3.23. The first kappa shape index (κ1) is 8.10. The quantitative estimate of drug-likeness (QED) is 0.510. The third-order valence-corrected chi connectivity index (χ3v) is 3.23. The molecule has 0 aliphatic heterocycles. The summed E-state index contributed by atoms with van der Waals surface area (Å²) in [6.07, 6.45) is 11.0. The Kier molecular flexibility index (Phi) is 2.08. The van der Waals surface area contributed by atoms with E-state index in [0.717, 1.165) is 11.8 Å². The fourth-order valence-electron chi connectivity index (χ4n) is 2.63. The van der Waals surface area contributed by atoms with E-state index in [0.29, 0.717) is 0 Å². The highest BCUT2D eigenvalue weighted by molar-refractivity contribution is 5.36. The summed E-state index contributed by atoms with van der Waals surface area (Å²) in [6.45, 7) is 4.63. The number of fused-ring (bicyclic) bond motifs is 1. The average Bonchev–Trinajstić information content (AvgIpc) is 2.04. The smallest absolute Gasteiger partial charge is 0.00955 e. The van der Waals surface area contributed by atoms with E-state index in [9.17, 15) is 0 Å². The van der Waals surface area contributed by atoms with Gasteiger partial charge in [-0.1, -0.05) is 36.6 Å². The molecule has 65 valence electrons. The maximum absolute atomic E-state index is 2.37. The molecular formula is C12H17. The monoisotopic (exact) mass is 161 g/mol. The van der Waals surface area contributed by atoms with Crippen LogP contribution in [-0.2, 0) is 0 Å². The van der Waals surface area contributed by atoms with Crippen LogP contribution in [0, 0.1) is 18.3 Å². The van der Waals surface area contributed by atoms with Gasteiger partial charge in [-0.15, -0.1) is 0 Å².